The number of hydrogen-bond acceptors (Lipinski definition) is 4. The summed E-state index contributed by atoms with van der Waals surface area (Å²) < 4.78 is 0. The molecule has 0 fully saturated rings. The zero-order chi connectivity index (χ0) is 18.0. The Morgan fingerprint density at radius 1 is 1.04 bits per heavy atom. The summed E-state index contributed by atoms with van der Waals surface area (Å²) in [5, 5.41) is 9.03. The summed E-state index contributed by atoms with van der Waals surface area (Å²) in [5.41, 5.74) is 6.22. The smallest absolute Gasteiger partial charge is 0.239 e. The highest BCUT2D eigenvalue weighted by Gasteiger charge is 2.28. The molecule has 2 amide bonds. The standard InChI is InChI=1S/C18H30N4O2.2ClH/c1-4-18(5-2,13-21-17(24)12-20-16(23)11-19)22-14(3)15-9-7-6-8-10-15;;/h6-10,14,22H,4-5,11-13,19H2,1-3H3,(H,20,23)(H,21,24);2*1H. The Labute approximate surface area is 168 Å². The van der Waals surface area contributed by atoms with E-state index in [1.165, 1.54) is 5.56 Å². The Kier molecular flexibility index (Phi) is 14.3. The summed E-state index contributed by atoms with van der Waals surface area (Å²) in [7, 11) is 0. The lowest BCUT2D eigenvalue weighted by molar-refractivity contribution is -0.125. The Balaban J connectivity index is 0. The highest BCUT2D eigenvalue weighted by Crippen LogP contribution is 2.21. The lowest BCUT2D eigenvalue weighted by Crippen LogP contribution is -2.54. The first kappa shape index (κ1) is 26.9. The number of carbonyl (C=O) groups is 2. The van der Waals surface area contributed by atoms with Crippen molar-refractivity contribution in [3.05, 3.63) is 35.9 Å². The van der Waals surface area contributed by atoms with Crippen molar-refractivity contribution >= 4 is 36.6 Å². The van der Waals surface area contributed by atoms with Crippen LogP contribution in [0.15, 0.2) is 30.3 Å². The fourth-order valence-electron chi connectivity index (χ4n) is 2.62. The molecule has 0 saturated carbocycles. The highest BCUT2D eigenvalue weighted by molar-refractivity contribution is 5.86. The van der Waals surface area contributed by atoms with Crippen LogP contribution < -0.4 is 21.7 Å². The summed E-state index contributed by atoms with van der Waals surface area (Å²) >= 11 is 0. The third kappa shape index (κ3) is 8.85. The second kappa shape index (κ2) is 13.8. The molecule has 1 rings (SSSR count). The van der Waals surface area contributed by atoms with Crippen LogP contribution in [0.2, 0.25) is 0 Å². The molecule has 0 aliphatic heterocycles. The number of hydrogen-bond donors (Lipinski definition) is 4. The second-order valence-electron chi connectivity index (χ2n) is 6.02. The van der Waals surface area contributed by atoms with Crippen LogP contribution in [-0.2, 0) is 9.59 Å². The minimum absolute atomic E-state index is 0. The number of benzene rings is 1. The van der Waals surface area contributed by atoms with Gasteiger partial charge in [0.15, 0.2) is 0 Å². The van der Waals surface area contributed by atoms with Gasteiger partial charge in [0.05, 0.1) is 13.1 Å². The van der Waals surface area contributed by atoms with Crippen molar-refractivity contribution in [1.82, 2.24) is 16.0 Å². The van der Waals surface area contributed by atoms with Gasteiger partial charge in [-0.3, -0.25) is 9.59 Å². The number of halogens is 2. The molecule has 26 heavy (non-hydrogen) atoms. The molecule has 0 radical (unpaired) electrons. The lowest BCUT2D eigenvalue weighted by atomic mass is 9.90. The summed E-state index contributed by atoms with van der Waals surface area (Å²) in [6, 6.07) is 10.4. The van der Waals surface area contributed by atoms with Crippen molar-refractivity contribution < 1.29 is 9.59 Å². The lowest BCUT2D eigenvalue weighted by Gasteiger charge is -2.36. The van der Waals surface area contributed by atoms with E-state index < -0.39 is 0 Å². The topological polar surface area (TPSA) is 96.2 Å². The minimum Gasteiger partial charge on any atom is -0.353 e. The van der Waals surface area contributed by atoms with E-state index in [-0.39, 0.29) is 61.3 Å². The van der Waals surface area contributed by atoms with E-state index in [0.29, 0.717) is 6.54 Å². The van der Waals surface area contributed by atoms with Gasteiger partial charge < -0.3 is 21.7 Å². The van der Waals surface area contributed by atoms with Crippen molar-refractivity contribution in [2.24, 2.45) is 5.73 Å². The molecule has 0 spiro atoms. The monoisotopic (exact) mass is 406 g/mol. The molecule has 5 N–H and O–H groups in total. The van der Waals surface area contributed by atoms with E-state index in [1.807, 2.05) is 18.2 Å². The largest absolute Gasteiger partial charge is 0.353 e. The predicted octanol–water partition coefficient (Wildman–Crippen LogP) is 1.93. The maximum absolute atomic E-state index is 11.9. The van der Waals surface area contributed by atoms with E-state index in [4.69, 9.17) is 5.73 Å². The predicted molar refractivity (Wildman–Crippen MR) is 111 cm³/mol. The van der Waals surface area contributed by atoms with Gasteiger partial charge in [-0.25, -0.2) is 0 Å². The summed E-state index contributed by atoms with van der Waals surface area (Å²) in [5.74, 6) is -0.546. The summed E-state index contributed by atoms with van der Waals surface area (Å²) in [4.78, 5) is 23.0. The number of nitrogens with one attached hydrogen (secondary N) is 3. The molecule has 0 saturated heterocycles. The maximum atomic E-state index is 11.9. The van der Waals surface area contributed by atoms with Crippen LogP contribution in [0.25, 0.3) is 0 Å². The molecule has 1 aromatic carbocycles. The van der Waals surface area contributed by atoms with Crippen molar-refractivity contribution in [3.63, 3.8) is 0 Å². The van der Waals surface area contributed by atoms with Crippen molar-refractivity contribution in [2.45, 2.75) is 45.2 Å². The van der Waals surface area contributed by atoms with Crippen LogP contribution in [-0.4, -0.2) is 37.0 Å². The summed E-state index contributed by atoms with van der Waals surface area (Å²) in [6.45, 7) is 6.69. The van der Waals surface area contributed by atoms with Gasteiger partial charge in [-0.05, 0) is 25.3 Å². The molecule has 0 aromatic heterocycles. The molecule has 8 heteroatoms. The normalized spacial score (nSPS) is 11.5. The SMILES string of the molecule is CCC(CC)(CNC(=O)CNC(=O)CN)NC(C)c1ccccc1.Cl.Cl. The molecular weight excluding hydrogens is 375 g/mol. The summed E-state index contributed by atoms with van der Waals surface area (Å²) in [6.07, 6.45) is 1.77. The molecule has 1 aromatic rings. The Bertz CT molecular complexity index is 525. The van der Waals surface area contributed by atoms with Crippen molar-refractivity contribution in [3.8, 4) is 0 Å². The fraction of sp³-hybridized carbons (Fsp3) is 0.556. The fourth-order valence-corrected chi connectivity index (χ4v) is 2.62. The molecule has 1 unspecified atom stereocenters. The van der Waals surface area contributed by atoms with Crippen LogP contribution >= 0.6 is 24.8 Å². The molecule has 1 atom stereocenters. The Morgan fingerprint density at radius 2 is 1.62 bits per heavy atom. The second-order valence-corrected chi connectivity index (χ2v) is 6.02. The first-order valence-corrected chi connectivity index (χ1v) is 8.52. The van der Waals surface area contributed by atoms with Crippen molar-refractivity contribution in [2.75, 3.05) is 19.6 Å². The molecule has 6 nitrogen and oxygen atoms in total. The average molecular weight is 407 g/mol. The molecular formula is C18H32Cl2N4O2. The van der Waals surface area contributed by atoms with Crippen LogP contribution in [0.4, 0.5) is 0 Å². The molecule has 0 aliphatic carbocycles. The average Bonchev–Trinajstić information content (AvgIpc) is 2.63. The first-order valence-electron chi connectivity index (χ1n) is 8.52. The van der Waals surface area contributed by atoms with E-state index >= 15 is 0 Å². The number of carbonyl (C=O) groups excluding carboxylic acids is 2. The van der Waals surface area contributed by atoms with Crippen LogP contribution in [0.5, 0.6) is 0 Å². The molecule has 0 aliphatic rings. The van der Waals surface area contributed by atoms with E-state index in [9.17, 15) is 9.59 Å². The van der Waals surface area contributed by atoms with Gasteiger partial charge in [0.25, 0.3) is 0 Å². The maximum Gasteiger partial charge on any atom is 0.239 e. The zero-order valence-corrected chi connectivity index (χ0v) is 17.3. The van der Waals surface area contributed by atoms with E-state index in [2.05, 4.69) is 48.9 Å². The zero-order valence-electron chi connectivity index (χ0n) is 15.7. The molecule has 0 bridgehead atoms. The Hall–Kier alpha value is -1.34. The van der Waals surface area contributed by atoms with E-state index in [1.54, 1.807) is 0 Å². The van der Waals surface area contributed by atoms with E-state index in [0.717, 1.165) is 12.8 Å². The number of amides is 2. The highest BCUT2D eigenvalue weighted by atomic mass is 35.5. The van der Waals surface area contributed by atoms with Crippen LogP contribution in [0, 0.1) is 0 Å². The van der Waals surface area contributed by atoms with Gasteiger partial charge in [0.2, 0.25) is 11.8 Å². The number of nitrogens with two attached hydrogens (primary N) is 1. The van der Waals surface area contributed by atoms with Crippen LogP contribution in [0.3, 0.4) is 0 Å². The van der Waals surface area contributed by atoms with Crippen molar-refractivity contribution in [1.29, 1.82) is 0 Å². The quantitative estimate of drug-likeness (QED) is 0.477. The van der Waals surface area contributed by atoms with Gasteiger partial charge in [-0.2, -0.15) is 0 Å². The van der Waals surface area contributed by atoms with Gasteiger partial charge in [0, 0.05) is 18.1 Å². The third-order valence-electron chi connectivity index (χ3n) is 4.43. The molecule has 150 valence electrons. The Morgan fingerprint density at radius 3 is 2.12 bits per heavy atom. The van der Waals surface area contributed by atoms with Crippen LogP contribution in [0.1, 0.15) is 45.2 Å². The molecule has 0 heterocycles. The first-order chi connectivity index (χ1) is 11.5. The number of rotatable bonds is 10. The van der Waals surface area contributed by atoms with Gasteiger partial charge in [-0.1, -0.05) is 44.2 Å². The van der Waals surface area contributed by atoms with Gasteiger partial charge in [0.1, 0.15) is 0 Å². The van der Waals surface area contributed by atoms with Gasteiger partial charge >= 0.3 is 0 Å². The minimum atomic E-state index is -0.335. The van der Waals surface area contributed by atoms with Gasteiger partial charge in [-0.15, -0.1) is 24.8 Å². The third-order valence-corrected chi connectivity index (χ3v) is 4.43.